The molecule has 1 aliphatic rings. The number of nitrogens with one attached hydrogen (secondary N) is 1. The first-order valence-electron chi connectivity index (χ1n) is 8.73. The van der Waals surface area contributed by atoms with Gasteiger partial charge in [0.2, 0.25) is 17.6 Å². The number of pyridine rings is 1. The van der Waals surface area contributed by atoms with Gasteiger partial charge in [-0.25, -0.2) is 0 Å². The van der Waals surface area contributed by atoms with Gasteiger partial charge in [0.05, 0.1) is 17.8 Å². The molecule has 9 heteroatoms. The molecule has 0 radical (unpaired) electrons. The van der Waals surface area contributed by atoms with Crippen LogP contribution in [0, 0.1) is 0 Å². The largest absolute Gasteiger partial charge is 0.343 e. The van der Waals surface area contributed by atoms with E-state index < -0.39 is 0 Å². The molecular formula is C19H16ClN5O3. The third kappa shape index (κ3) is 3.72. The summed E-state index contributed by atoms with van der Waals surface area (Å²) >= 11 is 6.07. The van der Waals surface area contributed by atoms with Crippen molar-refractivity contribution >= 4 is 29.1 Å². The molecule has 142 valence electrons. The molecule has 1 N–H and O–H groups in total. The molecule has 1 saturated heterocycles. The molecule has 8 nitrogen and oxygen atoms in total. The number of hydrogen-bond acceptors (Lipinski definition) is 6. The summed E-state index contributed by atoms with van der Waals surface area (Å²) in [6.45, 7) is 0.630. The summed E-state index contributed by atoms with van der Waals surface area (Å²) in [6.07, 6.45) is 4.49. The molecule has 1 aliphatic heterocycles. The highest BCUT2D eigenvalue weighted by Gasteiger charge is 2.26. The SMILES string of the molecule is O=C(NCc1nc(-c2ccncc2)no1)c1ccc(Cl)cc1N1CCCC1=O. The van der Waals surface area contributed by atoms with Gasteiger partial charge in [-0.1, -0.05) is 16.8 Å². The quantitative estimate of drug-likeness (QED) is 0.710. The van der Waals surface area contributed by atoms with Crippen LogP contribution in [-0.4, -0.2) is 33.5 Å². The van der Waals surface area contributed by atoms with Crippen LogP contribution in [0.15, 0.2) is 47.2 Å². The number of halogens is 1. The molecule has 4 rings (SSSR count). The Morgan fingerprint density at radius 2 is 2.07 bits per heavy atom. The third-order valence-electron chi connectivity index (χ3n) is 4.38. The number of benzene rings is 1. The van der Waals surface area contributed by atoms with Gasteiger partial charge in [-0.2, -0.15) is 4.98 Å². The van der Waals surface area contributed by atoms with E-state index in [1.165, 1.54) is 0 Å². The Kier molecular flexibility index (Phi) is 5.03. The molecule has 0 saturated carbocycles. The van der Waals surface area contributed by atoms with E-state index in [4.69, 9.17) is 16.1 Å². The molecule has 0 unspecified atom stereocenters. The summed E-state index contributed by atoms with van der Waals surface area (Å²) in [4.78, 5) is 34.6. The number of carbonyl (C=O) groups excluding carboxylic acids is 2. The molecule has 2 aromatic heterocycles. The van der Waals surface area contributed by atoms with E-state index in [2.05, 4.69) is 20.4 Å². The monoisotopic (exact) mass is 397 g/mol. The predicted octanol–water partition coefficient (Wildman–Crippen LogP) is 2.84. The van der Waals surface area contributed by atoms with Crippen LogP contribution in [-0.2, 0) is 11.3 Å². The zero-order chi connectivity index (χ0) is 19.5. The van der Waals surface area contributed by atoms with Crippen molar-refractivity contribution in [3.05, 3.63) is 59.2 Å². The fourth-order valence-corrected chi connectivity index (χ4v) is 3.19. The highest BCUT2D eigenvalue weighted by atomic mass is 35.5. The molecule has 3 heterocycles. The Morgan fingerprint density at radius 3 is 2.82 bits per heavy atom. The average molecular weight is 398 g/mol. The highest BCUT2D eigenvalue weighted by molar-refractivity contribution is 6.31. The van der Waals surface area contributed by atoms with Crippen LogP contribution in [0.2, 0.25) is 5.02 Å². The minimum absolute atomic E-state index is 0.0183. The number of rotatable bonds is 5. The number of amides is 2. The summed E-state index contributed by atoms with van der Waals surface area (Å²) in [5.41, 5.74) is 1.65. The van der Waals surface area contributed by atoms with Gasteiger partial charge in [0.15, 0.2) is 0 Å². The van der Waals surface area contributed by atoms with E-state index in [-0.39, 0.29) is 24.2 Å². The van der Waals surface area contributed by atoms with E-state index in [9.17, 15) is 9.59 Å². The normalized spacial score (nSPS) is 13.8. The zero-order valence-electron chi connectivity index (χ0n) is 14.8. The molecule has 0 atom stereocenters. The topological polar surface area (TPSA) is 101 Å². The molecule has 0 spiro atoms. The van der Waals surface area contributed by atoms with E-state index in [0.29, 0.717) is 35.1 Å². The first-order valence-corrected chi connectivity index (χ1v) is 9.11. The van der Waals surface area contributed by atoms with Crippen LogP contribution in [0.3, 0.4) is 0 Å². The van der Waals surface area contributed by atoms with E-state index in [1.54, 1.807) is 47.6 Å². The van der Waals surface area contributed by atoms with Crippen LogP contribution in [0.25, 0.3) is 11.4 Å². The summed E-state index contributed by atoms with van der Waals surface area (Å²) in [5, 5.41) is 7.12. The van der Waals surface area contributed by atoms with Crippen LogP contribution in [0.1, 0.15) is 29.1 Å². The van der Waals surface area contributed by atoms with Crippen molar-refractivity contribution in [3.8, 4) is 11.4 Å². The number of carbonyl (C=O) groups is 2. The fraction of sp³-hybridized carbons (Fsp3) is 0.211. The maximum Gasteiger partial charge on any atom is 0.253 e. The molecule has 28 heavy (non-hydrogen) atoms. The summed E-state index contributed by atoms with van der Waals surface area (Å²) in [7, 11) is 0. The van der Waals surface area contributed by atoms with E-state index in [1.807, 2.05) is 0 Å². The van der Waals surface area contributed by atoms with Crippen molar-refractivity contribution in [1.29, 1.82) is 0 Å². The minimum atomic E-state index is -0.352. The van der Waals surface area contributed by atoms with E-state index >= 15 is 0 Å². The van der Waals surface area contributed by atoms with Crippen LogP contribution in [0.5, 0.6) is 0 Å². The molecule has 2 amide bonds. The lowest BCUT2D eigenvalue weighted by Gasteiger charge is -2.19. The smallest absolute Gasteiger partial charge is 0.253 e. The standard InChI is InChI=1S/C19H16ClN5O3/c20-13-3-4-14(15(10-13)25-9-1-2-17(25)26)19(27)22-11-16-23-18(24-28-16)12-5-7-21-8-6-12/h3-8,10H,1-2,9,11H2,(H,22,27). The molecule has 0 aliphatic carbocycles. The fourth-order valence-electron chi connectivity index (χ4n) is 3.02. The van der Waals surface area contributed by atoms with Crippen molar-refractivity contribution < 1.29 is 14.1 Å². The first-order chi connectivity index (χ1) is 13.6. The van der Waals surface area contributed by atoms with Gasteiger partial charge >= 0.3 is 0 Å². The third-order valence-corrected chi connectivity index (χ3v) is 4.61. The highest BCUT2D eigenvalue weighted by Crippen LogP contribution is 2.28. The van der Waals surface area contributed by atoms with Gasteiger partial charge in [0.1, 0.15) is 0 Å². The van der Waals surface area contributed by atoms with Crippen LogP contribution >= 0.6 is 11.6 Å². The predicted molar refractivity (Wildman–Crippen MR) is 102 cm³/mol. The van der Waals surface area contributed by atoms with E-state index in [0.717, 1.165) is 12.0 Å². The number of nitrogens with zero attached hydrogens (tertiary/aromatic N) is 4. The van der Waals surface area contributed by atoms with Gasteiger partial charge in [-0.05, 0) is 36.8 Å². The maximum absolute atomic E-state index is 12.7. The second-order valence-corrected chi connectivity index (χ2v) is 6.68. The van der Waals surface area contributed by atoms with Gasteiger partial charge in [-0.3, -0.25) is 14.6 Å². The van der Waals surface area contributed by atoms with Crippen LogP contribution < -0.4 is 10.2 Å². The van der Waals surface area contributed by atoms with Crippen molar-refractivity contribution in [2.75, 3.05) is 11.4 Å². The number of hydrogen-bond donors (Lipinski definition) is 1. The van der Waals surface area contributed by atoms with Crippen molar-refractivity contribution in [1.82, 2.24) is 20.4 Å². The Hall–Kier alpha value is -3.26. The lowest BCUT2D eigenvalue weighted by atomic mass is 10.1. The average Bonchev–Trinajstić information content (AvgIpc) is 3.36. The van der Waals surface area contributed by atoms with Gasteiger partial charge < -0.3 is 14.7 Å². The maximum atomic E-state index is 12.7. The van der Waals surface area contributed by atoms with Gasteiger partial charge in [-0.15, -0.1) is 0 Å². The van der Waals surface area contributed by atoms with Crippen molar-refractivity contribution in [2.24, 2.45) is 0 Å². The second kappa shape index (κ2) is 7.77. The van der Waals surface area contributed by atoms with Gasteiger partial charge in [0.25, 0.3) is 5.91 Å². The van der Waals surface area contributed by atoms with Crippen molar-refractivity contribution in [3.63, 3.8) is 0 Å². The molecule has 1 aromatic carbocycles. The summed E-state index contributed by atoms with van der Waals surface area (Å²) in [6, 6.07) is 8.39. The Bertz CT molecular complexity index is 1020. The molecule has 3 aromatic rings. The lowest BCUT2D eigenvalue weighted by Crippen LogP contribution is -2.29. The van der Waals surface area contributed by atoms with Gasteiger partial charge in [0, 0.05) is 35.9 Å². The summed E-state index contributed by atoms with van der Waals surface area (Å²) in [5.74, 6) is 0.319. The number of anilines is 1. The Balaban J connectivity index is 1.49. The Morgan fingerprint density at radius 1 is 1.25 bits per heavy atom. The molecular weight excluding hydrogens is 382 g/mol. The minimum Gasteiger partial charge on any atom is -0.343 e. The molecule has 0 bridgehead atoms. The summed E-state index contributed by atoms with van der Waals surface area (Å²) < 4.78 is 5.19. The number of aromatic nitrogens is 3. The Labute approximate surface area is 165 Å². The first kappa shape index (κ1) is 18.1. The second-order valence-electron chi connectivity index (χ2n) is 6.24. The lowest BCUT2D eigenvalue weighted by molar-refractivity contribution is -0.117. The van der Waals surface area contributed by atoms with Crippen LogP contribution in [0.4, 0.5) is 5.69 Å². The zero-order valence-corrected chi connectivity index (χ0v) is 15.5. The van der Waals surface area contributed by atoms with Crippen molar-refractivity contribution in [2.45, 2.75) is 19.4 Å². The molecule has 1 fully saturated rings.